The van der Waals surface area contributed by atoms with Crippen LogP contribution in [0.2, 0.25) is 0 Å². The zero-order chi connectivity index (χ0) is 41.5. The minimum absolute atomic E-state index is 0.0467. The van der Waals surface area contributed by atoms with Crippen LogP contribution in [-0.2, 0) is 22.7 Å². The molecule has 0 aliphatic rings. The van der Waals surface area contributed by atoms with Crippen LogP contribution in [0, 0.1) is 0 Å². The summed E-state index contributed by atoms with van der Waals surface area (Å²) in [6.45, 7) is -0.0934. The van der Waals surface area contributed by atoms with Crippen molar-refractivity contribution in [3.8, 4) is 0 Å². The van der Waals surface area contributed by atoms with Crippen LogP contribution < -0.4 is 32.4 Å². The number of rotatable bonds is 6. The maximum absolute atomic E-state index is 14.4. The first-order valence-corrected chi connectivity index (χ1v) is 21.2. The van der Waals surface area contributed by atoms with Crippen molar-refractivity contribution in [1.29, 1.82) is 0 Å². The highest BCUT2D eigenvalue weighted by Gasteiger charge is 2.31. The van der Waals surface area contributed by atoms with Gasteiger partial charge in [0.2, 0.25) is 21.7 Å². The summed E-state index contributed by atoms with van der Waals surface area (Å²) in [7, 11) is 0. The first kappa shape index (κ1) is 36.6. The molecule has 5 aromatic heterocycles. The molecule has 5 heterocycles. The van der Waals surface area contributed by atoms with E-state index in [2.05, 4.69) is 9.98 Å². The zero-order valence-electron chi connectivity index (χ0n) is 31.2. The molecule has 12 nitrogen and oxygen atoms in total. The van der Waals surface area contributed by atoms with Crippen LogP contribution in [0.1, 0.15) is 11.1 Å². The zero-order valence-corrected chi connectivity index (χ0v) is 33.7. The van der Waals surface area contributed by atoms with Crippen LogP contribution in [0.5, 0.6) is 0 Å². The van der Waals surface area contributed by atoms with Crippen LogP contribution in [0.25, 0.3) is 62.4 Å². The average molecular weight is 857 g/mol. The Bertz CT molecular complexity index is 3610. The molecule has 0 N–H and O–H groups in total. The molecule has 0 bridgehead atoms. The van der Waals surface area contributed by atoms with Crippen LogP contribution in [-0.4, -0.2) is 21.3 Å². The van der Waals surface area contributed by atoms with Crippen LogP contribution >= 0.6 is 34.0 Å². The number of ether oxygens (including phenoxy) is 2. The summed E-state index contributed by atoms with van der Waals surface area (Å²) in [6.07, 6.45) is -1.47. The molecule has 0 radical (unpaired) electrons. The third kappa shape index (κ3) is 5.77. The minimum Gasteiger partial charge on any atom is -0.444 e. The number of hydrogen-bond donors (Lipinski definition) is 0. The number of carbonyl (C=O) groups excluding carboxylic acids is 2. The van der Waals surface area contributed by atoms with Crippen molar-refractivity contribution in [3.05, 3.63) is 184 Å². The summed E-state index contributed by atoms with van der Waals surface area (Å²) < 4.78 is 17.0. The fourth-order valence-electron chi connectivity index (χ4n) is 7.73. The number of thiophene rings is 3. The lowest BCUT2D eigenvalue weighted by Gasteiger charge is -2.10. The molecule has 11 rings (SSSR count). The van der Waals surface area contributed by atoms with Crippen LogP contribution in [0.4, 0.5) is 19.6 Å². The molecule has 0 fully saturated rings. The molecule has 294 valence electrons. The lowest BCUT2D eigenvalue weighted by atomic mass is 10.2. The topological polar surface area (TPSA) is 155 Å². The van der Waals surface area contributed by atoms with Crippen LogP contribution in [0.15, 0.2) is 150 Å². The van der Waals surface area contributed by atoms with E-state index in [0.717, 1.165) is 11.1 Å². The fourth-order valence-corrected chi connectivity index (χ4v) is 11.3. The molecule has 61 heavy (non-hydrogen) atoms. The molecular formula is C46H24N4O8S3. The second-order valence-electron chi connectivity index (χ2n) is 14.1. The SMILES string of the molecule is O=C(OCc1ccccc1)n1c2cc(N=c3c(=O)c4ccccc4c3=O)sc2c2sc3c4sc(N=c5c(=O)c6ccccc6c5=O)cc4n(C(=O)OCc4ccccc4)c3c21. The van der Waals surface area contributed by atoms with Gasteiger partial charge in [-0.25, -0.2) is 28.7 Å². The van der Waals surface area contributed by atoms with Gasteiger partial charge in [0.25, 0.3) is 0 Å². The standard InChI is InChI=1S/C46H24N4O8S3/c51-37-25-15-7-8-16-26(25)38(52)33(37)47-31-19-29-41(59-31)43-35(49(29)45(55)57-21-23-11-3-1-4-12-23)36-44(61-43)42-30(50(36)46(56)58-22-24-13-5-2-6-14-24)20-32(60-42)48-34-39(53)27-17-9-10-18-28(27)40(34)54/h1-20H,21-22H2. The Morgan fingerprint density at radius 3 is 1.16 bits per heavy atom. The summed E-state index contributed by atoms with van der Waals surface area (Å²) in [5.41, 5.74) is 1.14. The third-order valence-corrected chi connectivity index (χ3v) is 14.0. The van der Waals surface area contributed by atoms with Gasteiger partial charge in [-0.15, -0.1) is 34.0 Å². The van der Waals surface area contributed by atoms with Gasteiger partial charge in [-0.1, -0.05) is 109 Å². The van der Waals surface area contributed by atoms with E-state index in [-0.39, 0.29) is 45.5 Å². The first-order valence-electron chi connectivity index (χ1n) is 18.8. The maximum atomic E-state index is 14.4. The smallest absolute Gasteiger partial charge is 0.419 e. The highest BCUT2D eigenvalue weighted by Crippen LogP contribution is 2.51. The molecule has 6 aromatic carbocycles. The largest absolute Gasteiger partial charge is 0.444 e. The summed E-state index contributed by atoms with van der Waals surface area (Å²) in [5.74, 6) is 0. The van der Waals surface area contributed by atoms with E-state index in [4.69, 9.17) is 9.47 Å². The summed E-state index contributed by atoms with van der Waals surface area (Å²) in [4.78, 5) is 91.1. The monoisotopic (exact) mass is 856 g/mol. The van der Waals surface area contributed by atoms with Gasteiger partial charge in [0.15, 0.2) is 10.7 Å². The third-order valence-electron chi connectivity index (χ3n) is 10.5. The van der Waals surface area contributed by atoms with Gasteiger partial charge < -0.3 is 9.47 Å². The number of fused-ring (bicyclic) bond motifs is 9. The number of aromatic nitrogens is 2. The van der Waals surface area contributed by atoms with Crippen LogP contribution in [0.3, 0.4) is 0 Å². The van der Waals surface area contributed by atoms with Gasteiger partial charge in [-0.2, -0.15) is 0 Å². The first-order chi connectivity index (χ1) is 29.7. The predicted molar refractivity (Wildman–Crippen MR) is 238 cm³/mol. The van der Waals surface area contributed by atoms with Gasteiger partial charge in [0.05, 0.1) is 40.9 Å². The summed E-state index contributed by atoms with van der Waals surface area (Å²) >= 11 is 3.69. The second-order valence-corrected chi connectivity index (χ2v) is 17.2. The minimum atomic E-state index is -0.736. The van der Waals surface area contributed by atoms with E-state index in [0.29, 0.717) is 50.9 Å². The van der Waals surface area contributed by atoms with Crippen molar-refractivity contribution in [2.45, 2.75) is 13.2 Å². The quantitative estimate of drug-likeness (QED) is 0.161. The fraction of sp³-hybridized carbons (Fsp3) is 0.0435. The van der Waals surface area contributed by atoms with E-state index >= 15 is 0 Å². The van der Waals surface area contributed by atoms with Gasteiger partial charge in [0.1, 0.15) is 23.2 Å². The maximum Gasteiger partial charge on any atom is 0.419 e. The Labute approximate surface area is 352 Å². The van der Waals surface area contributed by atoms with Crippen molar-refractivity contribution >= 4 is 119 Å². The Hall–Kier alpha value is -7.46. The van der Waals surface area contributed by atoms with Crippen molar-refractivity contribution in [2.24, 2.45) is 9.98 Å². The van der Waals surface area contributed by atoms with E-state index in [1.54, 1.807) is 60.7 Å². The number of benzene rings is 4. The van der Waals surface area contributed by atoms with Gasteiger partial charge >= 0.3 is 12.2 Å². The highest BCUT2D eigenvalue weighted by atomic mass is 32.1. The number of carbonyl (C=O) groups is 2. The normalized spacial score (nSPS) is 11.8. The molecule has 15 heteroatoms. The lowest BCUT2D eigenvalue weighted by Crippen LogP contribution is -2.31. The van der Waals surface area contributed by atoms with Crippen molar-refractivity contribution in [3.63, 3.8) is 0 Å². The van der Waals surface area contributed by atoms with E-state index in [1.807, 2.05) is 60.7 Å². The molecule has 0 saturated heterocycles. The lowest BCUT2D eigenvalue weighted by molar-refractivity contribution is 0.142. The Morgan fingerprint density at radius 2 is 0.803 bits per heavy atom. The predicted octanol–water partition coefficient (Wildman–Crippen LogP) is 8.42. The molecule has 0 saturated carbocycles. The molecule has 0 aliphatic carbocycles. The molecule has 11 aromatic rings. The second kappa shape index (κ2) is 14.1. The molecule has 0 unspecified atom stereocenters. The van der Waals surface area contributed by atoms with Crippen molar-refractivity contribution in [1.82, 2.24) is 9.13 Å². The van der Waals surface area contributed by atoms with E-state index < -0.39 is 33.9 Å². The van der Waals surface area contributed by atoms with Crippen molar-refractivity contribution < 1.29 is 19.1 Å². The summed E-state index contributed by atoms with van der Waals surface area (Å²) in [6, 6.07) is 34.7. The number of nitrogens with zero attached hydrogens (tertiary/aromatic N) is 4. The average Bonchev–Trinajstić information content (AvgIpc) is 4.15. The molecule has 0 aliphatic heterocycles. The Balaban J connectivity index is 1.15. The van der Waals surface area contributed by atoms with E-state index in [9.17, 15) is 28.8 Å². The Morgan fingerprint density at radius 1 is 0.459 bits per heavy atom. The van der Waals surface area contributed by atoms with Crippen molar-refractivity contribution in [2.75, 3.05) is 0 Å². The van der Waals surface area contributed by atoms with Gasteiger partial charge in [0, 0.05) is 21.5 Å². The molecule has 0 amide bonds. The highest BCUT2D eigenvalue weighted by molar-refractivity contribution is 7.35. The van der Waals surface area contributed by atoms with E-state index in [1.165, 1.54) is 43.1 Å². The number of hydrogen-bond acceptors (Lipinski definition) is 13. The summed E-state index contributed by atoms with van der Waals surface area (Å²) in [5, 5.41) is 1.30. The molecule has 0 spiro atoms. The Kier molecular flexibility index (Phi) is 8.45. The van der Waals surface area contributed by atoms with Gasteiger partial charge in [-0.05, 0) is 23.3 Å². The molecular weight excluding hydrogens is 833 g/mol. The van der Waals surface area contributed by atoms with Gasteiger partial charge in [-0.3, -0.25) is 19.2 Å². The molecule has 0 atom stereocenters.